The topological polar surface area (TPSA) is 76.6 Å². The molecule has 5 rings (SSSR count). The van der Waals surface area contributed by atoms with Gasteiger partial charge in [0.2, 0.25) is 0 Å². The van der Waals surface area contributed by atoms with Crippen LogP contribution in [0.15, 0.2) is 48.6 Å². The Labute approximate surface area is 225 Å². The molecule has 0 saturated carbocycles. The number of nitrogens with zero attached hydrogens (tertiary/aromatic N) is 4. The highest BCUT2D eigenvalue weighted by atomic mass is 16.5. The van der Waals surface area contributed by atoms with Crippen molar-refractivity contribution in [2.75, 3.05) is 74.2 Å². The Morgan fingerprint density at radius 1 is 0.921 bits per heavy atom. The van der Waals surface area contributed by atoms with Crippen molar-refractivity contribution >= 4 is 28.9 Å². The van der Waals surface area contributed by atoms with Crippen LogP contribution in [0.4, 0.5) is 17.1 Å². The number of carbonyl (C=O) groups is 2. The third-order valence-corrected chi connectivity index (χ3v) is 8.13. The molecule has 1 unspecified atom stereocenters. The van der Waals surface area contributed by atoms with Gasteiger partial charge in [-0.25, -0.2) is 4.79 Å². The highest BCUT2D eigenvalue weighted by Crippen LogP contribution is 2.36. The van der Waals surface area contributed by atoms with E-state index in [9.17, 15) is 14.7 Å². The smallest absolute Gasteiger partial charge is 0.328 e. The molecule has 8 heteroatoms. The molecule has 2 aliphatic heterocycles. The zero-order valence-electron chi connectivity index (χ0n) is 22.4. The van der Waals surface area contributed by atoms with E-state index in [-0.39, 0.29) is 11.9 Å². The van der Waals surface area contributed by atoms with Gasteiger partial charge in [-0.2, -0.15) is 0 Å². The molecule has 2 aromatic carbocycles. The summed E-state index contributed by atoms with van der Waals surface area (Å²) in [6.07, 6.45) is 4.60. The number of benzene rings is 2. The van der Waals surface area contributed by atoms with E-state index in [0.717, 1.165) is 76.0 Å². The second-order valence-corrected chi connectivity index (χ2v) is 10.5. The van der Waals surface area contributed by atoms with Crippen LogP contribution in [0.3, 0.4) is 0 Å². The molecule has 0 aromatic heterocycles. The number of morpholine rings is 1. The van der Waals surface area contributed by atoms with Gasteiger partial charge in [-0.1, -0.05) is 6.07 Å². The van der Waals surface area contributed by atoms with Crippen molar-refractivity contribution in [3.8, 4) is 0 Å². The lowest BCUT2D eigenvalue weighted by atomic mass is 9.83. The fourth-order valence-electron chi connectivity index (χ4n) is 5.97. The number of carbonyl (C=O) groups excluding carboxylic acids is 1. The second-order valence-electron chi connectivity index (χ2n) is 10.5. The monoisotopic (exact) mass is 518 g/mol. The molecule has 202 valence electrons. The van der Waals surface area contributed by atoms with Crippen molar-refractivity contribution in [1.82, 2.24) is 4.90 Å². The molecule has 2 fully saturated rings. The summed E-state index contributed by atoms with van der Waals surface area (Å²) in [4.78, 5) is 33.6. The fourth-order valence-corrected chi connectivity index (χ4v) is 5.97. The summed E-state index contributed by atoms with van der Waals surface area (Å²) in [6, 6.07) is 12.5. The molecular formula is C30H38N4O4. The molecule has 38 heavy (non-hydrogen) atoms. The first kappa shape index (κ1) is 26.3. The van der Waals surface area contributed by atoms with E-state index in [2.05, 4.69) is 52.9 Å². The highest BCUT2D eigenvalue weighted by Gasteiger charge is 2.31. The van der Waals surface area contributed by atoms with E-state index in [1.807, 2.05) is 17.0 Å². The van der Waals surface area contributed by atoms with Crippen LogP contribution in [-0.2, 0) is 27.2 Å². The third-order valence-electron chi connectivity index (χ3n) is 8.13. The van der Waals surface area contributed by atoms with Crippen LogP contribution in [0.25, 0.3) is 0 Å². The number of aliphatic carboxylic acids is 1. The number of ether oxygens (including phenoxy) is 1. The van der Waals surface area contributed by atoms with E-state index in [4.69, 9.17) is 4.74 Å². The Morgan fingerprint density at radius 2 is 1.63 bits per heavy atom. The van der Waals surface area contributed by atoms with Crippen LogP contribution in [0.1, 0.15) is 23.1 Å². The maximum atomic E-state index is 13.5. The van der Waals surface area contributed by atoms with Gasteiger partial charge in [-0.3, -0.25) is 4.79 Å². The number of aryl methyl sites for hydroxylation is 1. The molecule has 8 nitrogen and oxygen atoms in total. The van der Waals surface area contributed by atoms with Crippen molar-refractivity contribution < 1.29 is 19.4 Å². The lowest BCUT2D eigenvalue weighted by molar-refractivity contribution is -0.131. The molecule has 1 atom stereocenters. The largest absolute Gasteiger partial charge is 0.478 e. The first-order valence-corrected chi connectivity index (χ1v) is 13.6. The number of piperazine rings is 1. The molecule has 2 saturated heterocycles. The number of carboxylic acid groups (broad SMARTS) is 1. The van der Waals surface area contributed by atoms with E-state index in [0.29, 0.717) is 13.2 Å². The molecule has 1 amide bonds. The number of fused-ring (bicyclic) bond motifs is 1. The summed E-state index contributed by atoms with van der Waals surface area (Å²) < 4.78 is 5.48. The maximum Gasteiger partial charge on any atom is 0.328 e. The van der Waals surface area contributed by atoms with Crippen LogP contribution in [0.5, 0.6) is 0 Å². The Kier molecular flexibility index (Phi) is 8.00. The average molecular weight is 519 g/mol. The highest BCUT2D eigenvalue weighted by molar-refractivity contribution is 6.04. The summed E-state index contributed by atoms with van der Waals surface area (Å²) in [5.74, 6) is -1.42. The molecule has 0 radical (unpaired) electrons. The lowest BCUT2D eigenvalue weighted by Crippen LogP contribution is -2.46. The number of anilines is 3. The van der Waals surface area contributed by atoms with Gasteiger partial charge in [0, 0.05) is 74.5 Å². The van der Waals surface area contributed by atoms with Gasteiger partial charge >= 0.3 is 5.97 Å². The summed E-state index contributed by atoms with van der Waals surface area (Å²) in [5.41, 5.74) is 7.20. The Balaban J connectivity index is 1.45. The van der Waals surface area contributed by atoms with Gasteiger partial charge in [0.1, 0.15) is 0 Å². The van der Waals surface area contributed by atoms with Crippen LogP contribution in [-0.4, -0.2) is 87.5 Å². The minimum atomic E-state index is -1.12. The van der Waals surface area contributed by atoms with Crippen molar-refractivity contribution in [2.45, 2.75) is 32.2 Å². The zero-order chi connectivity index (χ0) is 26.6. The number of likely N-dealkylation sites (N-methyl/N-ethyl adjacent to an activating group) is 1. The molecule has 1 N–H and O–H groups in total. The van der Waals surface area contributed by atoms with Crippen molar-refractivity contribution in [1.29, 1.82) is 0 Å². The van der Waals surface area contributed by atoms with Crippen LogP contribution in [0, 0.1) is 6.92 Å². The van der Waals surface area contributed by atoms with Crippen molar-refractivity contribution in [3.05, 3.63) is 65.2 Å². The molecular weight excluding hydrogens is 480 g/mol. The van der Waals surface area contributed by atoms with Gasteiger partial charge in [-0.15, -0.1) is 0 Å². The lowest BCUT2D eigenvalue weighted by Gasteiger charge is -2.40. The summed E-state index contributed by atoms with van der Waals surface area (Å²) in [7, 11) is 2.16. The summed E-state index contributed by atoms with van der Waals surface area (Å²) >= 11 is 0. The predicted octanol–water partition coefficient (Wildman–Crippen LogP) is 3.11. The standard InChI is InChI=1S/C30H38N4O4/c1-22-3-10-28(33-15-13-31(2)14-16-33)27-21-25(8-9-26(22)27)34(29(35)11-12-30(36)37)24-6-4-23(5-7-24)32-17-19-38-20-18-32/h3-7,10-12,25H,8-9,13-21H2,1-2H3,(H,36,37)/b12-11-. The Hall–Kier alpha value is -3.36. The summed E-state index contributed by atoms with van der Waals surface area (Å²) in [5, 5.41) is 9.18. The summed E-state index contributed by atoms with van der Waals surface area (Å²) in [6.45, 7) is 9.33. The Bertz CT molecular complexity index is 1180. The van der Waals surface area contributed by atoms with Gasteiger partial charge in [0.25, 0.3) is 5.91 Å². The molecule has 0 spiro atoms. The van der Waals surface area contributed by atoms with Crippen LogP contribution < -0.4 is 14.7 Å². The normalized spacial score (nSPS) is 20.4. The fraction of sp³-hybridized carbons (Fsp3) is 0.467. The van der Waals surface area contributed by atoms with Gasteiger partial charge in [0.05, 0.1) is 13.2 Å². The van der Waals surface area contributed by atoms with E-state index in [1.165, 1.54) is 28.5 Å². The van der Waals surface area contributed by atoms with Crippen LogP contribution >= 0.6 is 0 Å². The van der Waals surface area contributed by atoms with Gasteiger partial charge in [0.15, 0.2) is 0 Å². The minimum absolute atomic E-state index is 0.0595. The third kappa shape index (κ3) is 5.71. The number of carboxylic acids is 1. The zero-order valence-corrected chi connectivity index (χ0v) is 22.4. The van der Waals surface area contributed by atoms with E-state index in [1.54, 1.807) is 0 Å². The SMILES string of the molecule is Cc1ccc(N2CCN(C)CC2)c2c1CCC(N(C(=O)/C=C\C(=O)O)c1ccc(N3CCOCC3)cc1)C2. The first-order valence-electron chi connectivity index (χ1n) is 13.6. The van der Waals surface area contributed by atoms with Gasteiger partial charge < -0.3 is 29.4 Å². The number of hydrogen-bond acceptors (Lipinski definition) is 6. The predicted molar refractivity (Wildman–Crippen MR) is 150 cm³/mol. The van der Waals surface area contributed by atoms with E-state index < -0.39 is 5.97 Å². The minimum Gasteiger partial charge on any atom is -0.478 e. The number of rotatable bonds is 6. The molecule has 3 aliphatic rings. The van der Waals surface area contributed by atoms with E-state index >= 15 is 0 Å². The molecule has 2 heterocycles. The Morgan fingerprint density at radius 3 is 2.32 bits per heavy atom. The quantitative estimate of drug-likeness (QED) is 0.589. The molecule has 1 aliphatic carbocycles. The first-order chi connectivity index (χ1) is 18.4. The van der Waals surface area contributed by atoms with Gasteiger partial charge in [-0.05, 0) is 80.3 Å². The molecule has 2 aromatic rings. The second kappa shape index (κ2) is 11.6. The van der Waals surface area contributed by atoms with Crippen molar-refractivity contribution in [2.24, 2.45) is 0 Å². The maximum absolute atomic E-state index is 13.5. The molecule has 0 bridgehead atoms. The van der Waals surface area contributed by atoms with Crippen molar-refractivity contribution in [3.63, 3.8) is 0 Å². The average Bonchev–Trinajstić information content (AvgIpc) is 2.94. The number of hydrogen-bond donors (Lipinski definition) is 1. The number of amides is 1. The van der Waals surface area contributed by atoms with Crippen LogP contribution in [0.2, 0.25) is 0 Å².